The summed E-state index contributed by atoms with van der Waals surface area (Å²) in [6, 6.07) is 7.45. The molecule has 1 aliphatic carbocycles. The second-order valence-corrected chi connectivity index (χ2v) is 7.74. The van der Waals surface area contributed by atoms with Gasteiger partial charge in [-0.25, -0.2) is 0 Å². The van der Waals surface area contributed by atoms with Crippen LogP contribution in [0.4, 0.5) is 0 Å². The lowest BCUT2D eigenvalue weighted by atomic mass is 9.94. The van der Waals surface area contributed by atoms with E-state index in [0.29, 0.717) is 0 Å². The Balaban J connectivity index is 1.50. The van der Waals surface area contributed by atoms with Crippen molar-refractivity contribution in [3.63, 3.8) is 0 Å². The lowest BCUT2D eigenvalue weighted by molar-refractivity contribution is -1.03. The lowest BCUT2D eigenvalue weighted by Crippen LogP contribution is -3.29. The van der Waals surface area contributed by atoms with Crippen molar-refractivity contribution in [2.75, 3.05) is 33.3 Å². The summed E-state index contributed by atoms with van der Waals surface area (Å²) in [6.45, 7) is 6.49. The van der Waals surface area contributed by atoms with Gasteiger partial charge in [-0.05, 0) is 59.8 Å². The highest BCUT2D eigenvalue weighted by Crippen LogP contribution is 2.25. The van der Waals surface area contributed by atoms with E-state index < -0.39 is 0 Å². The number of benzene rings is 1. The maximum atomic E-state index is 5.31. The summed E-state index contributed by atoms with van der Waals surface area (Å²) in [5, 5.41) is 0. The van der Waals surface area contributed by atoms with Crippen molar-refractivity contribution < 1.29 is 14.5 Å². The van der Waals surface area contributed by atoms with Crippen LogP contribution in [0.5, 0.6) is 5.75 Å². The molecule has 3 rings (SSSR count). The Morgan fingerprint density at radius 1 is 1.09 bits per heavy atom. The van der Waals surface area contributed by atoms with E-state index in [4.69, 9.17) is 4.74 Å². The van der Waals surface area contributed by atoms with Crippen molar-refractivity contribution in [2.24, 2.45) is 0 Å². The van der Waals surface area contributed by atoms with Crippen LogP contribution in [-0.2, 0) is 6.54 Å². The van der Waals surface area contributed by atoms with E-state index in [0.717, 1.165) is 22.8 Å². The van der Waals surface area contributed by atoms with Gasteiger partial charge in [0.25, 0.3) is 0 Å². The molecule has 0 spiro atoms. The van der Waals surface area contributed by atoms with Gasteiger partial charge < -0.3 is 14.5 Å². The van der Waals surface area contributed by atoms with Crippen LogP contribution < -0.4 is 14.5 Å². The minimum atomic E-state index is 0.922. The molecule has 2 N–H and O–H groups in total. The molecule has 0 unspecified atom stereocenters. The van der Waals surface area contributed by atoms with Crippen molar-refractivity contribution in [3.05, 3.63) is 28.2 Å². The molecule has 1 aromatic carbocycles. The van der Waals surface area contributed by atoms with Crippen LogP contribution in [-0.4, -0.2) is 39.3 Å². The molecule has 22 heavy (non-hydrogen) atoms. The van der Waals surface area contributed by atoms with Crippen molar-refractivity contribution in [1.29, 1.82) is 0 Å². The van der Waals surface area contributed by atoms with Crippen molar-refractivity contribution >= 4 is 15.9 Å². The smallest absolute Gasteiger partial charge is 0.133 e. The summed E-state index contributed by atoms with van der Waals surface area (Å²) in [7, 11) is 1.72. The molecule has 0 radical (unpaired) electrons. The third-order valence-corrected chi connectivity index (χ3v) is 6.07. The Morgan fingerprint density at radius 3 is 2.45 bits per heavy atom. The molecule has 2 fully saturated rings. The molecule has 2 aliphatic rings. The molecule has 0 atom stereocenters. The molecule has 1 aliphatic heterocycles. The van der Waals surface area contributed by atoms with Crippen LogP contribution in [0.25, 0.3) is 0 Å². The van der Waals surface area contributed by atoms with Crippen molar-refractivity contribution in [2.45, 2.75) is 44.7 Å². The monoisotopic (exact) mass is 368 g/mol. The van der Waals surface area contributed by atoms with Gasteiger partial charge in [-0.1, -0.05) is 6.42 Å². The second kappa shape index (κ2) is 7.80. The van der Waals surface area contributed by atoms with Gasteiger partial charge in [-0.3, -0.25) is 0 Å². The zero-order valence-corrected chi connectivity index (χ0v) is 15.3. The number of rotatable bonds is 4. The maximum absolute atomic E-state index is 5.31. The van der Waals surface area contributed by atoms with Crippen molar-refractivity contribution in [3.8, 4) is 5.75 Å². The number of hydrogen-bond acceptors (Lipinski definition) is 1. The normalized spacial score (nSPS) is 26.8. The third kappa shape index (κ3) is 4.03. The number of quaternary nitrogens is 2. The van der Waals surface area contributed by atoms with E-state index >= 15 is 0 Å². The van der Waals surface area contributed by atoms with Crippen LogP contribution in [0.2, 0.25) is 0 Å². The molecule has 0 aromatic heterocycles. The molecular weight excluding hydrogens is 340 g/mol. The summed E-state index contributed by atoms with van der Waals surface area (Å²) in [5.41, 5.74) is 1.41. The van der Waals surface area contributed by atoms with Crippen molar-refractivity contribution in [1.82, 2.24) is 0 Å². The van der Waals surface area contributed by atoms with Gasteiger partial charge in [0.2, 0.25) is 0 Å². The van der Waals surface area contributed by atoms with Crippen LogP contribution in [0.1, 0.15) is 37.7 Å². The fraction of sp³-hybridized carbons (Fsp3) is 0.667. The molecule has 1 saturated carbocycles. The first-order valence-electron chi connectivity index (χ1n) is 8.77. The fourth-order valence-electron chi connectivity index (χ4n) is 4.13. The SMILES string of the molecule is COc1ccc(C[NH+]2CC[NH+](C3CCCCC3)CC2)cc1Br. The molecule has 3 nitrogen and oxygen atoms in total. The van der Waals surface area contributed by atoms with Crippen LogP contribution in [0, 0.1) is 0 Å². The Kier molecular flexibility index (Phi) is 5.77. The average Bonchev–Trinajstić information content (AvgIpc) is 2.57. The quantitative estimate of drug-likeness (QED) is 0.813. The summed E-state index contributed by atoms with van der Waals surface area (Å²) in [6.07, 6.45) is 7.33. The zero-order chi connectivity index (χ0) is 15.4. The molecule has 0 bridgehead atoms. The predicted molar refractivity (Wildman–Crippen MR) is 92.7 cm³/mol. The third-order valence-electron chi connectivity index (χ3n) is 5.45. The molecule has 122 valence electrons. The van der Waals surface area contributed by atoms with Gasteiger partial charge in [0.05, 0.1) is 17.6 Å². The maximum Gasteiger partial charge on any atom is 0.133 e. The van der Waals surface area contributed by atoms with Gasteiger partial charge in [0.1, 0.15) is 38.5 Å². The van der Waals surface area contributed by atoms with E-state index in [-0.39, 0.29) is 0 Å². The summed E-state index contributed by atoms with van der Waals surface area (Å²) >= 11 is 3.60. The fourth-order valence-corrected chi connectivity index (χ4v) is 4.72. The largest absolute Gasteiger partial charge is 0.496 e. The first kappa shape index (κ1) is 16.3. The van der Waals surface area contributed by atoms with E-state index in [2.05, 4.69) is 34.1 Å². The number of halogens is 1. The topological polar surface area (TPSA) is 18.1 Å². The molecule has 1 heterocycles. The van der Waals surface area contributed by atoms with Gasteiger partial charge in [-0.2, -0.15) is 0 Å². The van der Waals surface area contributed by atoms with Gasteiger partial charge >= 0.3 is 0 Å². The Hall–Kier alpha value is -0.580. The molecule has 4 heteroatoms. The highest BCUT2D eigenvalue weighted by Gasteiger charge is 2.30. The van der Waals surface area contributed by atoms with Crippen LogP contribution in [0.15, 0.2) is 22.7 Å². The summed E-state index contributed by atoms with van der Waals surface area (Å²) in [5.74, 6) is 0.922. The predicted octanol–water partition coefficient (Wildman–Crippen LogP) is 1.07. The van der Waals surface area contributed by atoms with Crippen LogP contribution >= 0.6 is 15.9 Å². The Labute approximate surface area is 142 Å². The van der Waals surface area contributed by atoms with E-state index in [1.165, 1.54) is 63.8 Å². The molecule has 1 saturated heterocycles. The lowest BCUT2D eigenvalue weighted by Gasteiger charge is -2.36. The minimum Gasteiger partial charge on any atom is -0.496 e. The first-order chi connectivity index (χ1) is 10.8. The zero-order valence-electron chi connectivity index (χ0n) is 13.7. The Bertz CT molecular complexity index is 480. The average molecular weight is 369 g/mol. The van der Waals surface area contributed by atoms with E-state index in [1.54, 1.807) is 12.0 Å². The molecule has 1 aromatic rings. The second-order valence-electron chi connectivity index (χ2n) is 6.89. The molecular formula is C18H29BrN2O+2. The highest BCUT2D eigenvalue weighted by molar-refractivity contribution is 9.10. The number of ether oxygens (including phenoxy) is 1. The minimum absolute atomic E-state index is 0.922. The number of nitrogens with one attached hydrogen (secondary N) is 2. The summed E-state index contributed by atoms with van der Waals surface area (Å²) in [4.78, 5) is 3.62. The standard InChI is InChI=1S/C18H27BrN2O/c1-22-18-8-7-15(13-17(18)19)14-20-9-11-21(12-10-20)16-5-3-2-4-6-16/h7-8,13,16H,2-6,9-12,14H2,1H3/p+2. The highest BCUT2D eigenvalue weighted by atomic mass is 79.9. The summed E-state index contributed by atoms with van der Waals surface area (Å²) < 4.78 is 6.38. The van der Waals surface area contributed by atoms with Crippen LogP contribution in [0.3, 0.4) is 0 Å². The number of methoxy groups -OCH3 is 1. The van der Waals surface area contributed by atoms with Gasteiger partial charge in [-0.15, -0.1) is 0 Å². The Morgan fingerprint density at radius 2 is 1.82 bits per heavy atom. The first-order valence-corrected chi connectivity index (χ1v) is 9.56. The number of hydrogen-bond donors (Lipinski definition) is 2. The van der Waals surface area contributed by atoms with Gasteiger partial charge in [0.15, 0.2) is 0 Å². The number of piperazine rings is 1. The molecule has 0 amide bonds. The van der Waals surface area contributed by atoms with Gasteiger partial charge in [0, 0.05) is 5.56 Å². The van der Waals surface area contributed by atoms with E-state index in [9.17, 15) is 0 Å². The van der Waals surface area contributed by atoms with E-state index in [1.807, 2.05) is 4.90 Å².